The number of hydrogen-bond donors (Lipinski definition) is 0. The summed E-state index contributed by atoms with van der Waals surface area (Å²) in [6.07, 6.45) is 4.61. The van der Waals surface area contributed by atoms with E-state index in [1.54, 1.807) is 18.4 Å². The summed E-state index contributed by atoms with van der Waals surface area (Å²) >= 11 is 0. The predicted molar refractivity (Wildman–Crippen MR) is 88.2 cm³/mol. The van der Waals surface area contributed by atoms with E-state index >= 15 is 0 Å². The molecule has 7 nitrogen and oxygen atoms in total. The largest absolute Gasteiger partial charge is 0.461 e. The first-order chi connectivity index (χ1) is 11.8. The summed E-state index contributed by atoms with van der Waals surface area (Å²) < 4.78 is 10.4. The zero-order chi connectivity index (χ0) is 16.8. The topological polar surface area (TPSA) is 75.6 Å². The maximum absolute atomic E-state index is 12.4. The van der Waals surface area contributed by atoms with Gasteiger partial charge in [-0.25, -0.2) is 0 Å². The van der Waals surface area contributed by atoms with Gasteiger partial charge < -0.3 is 18.7 Å². The van der Waals surface area contributed by atoms with Gasteiger partial charge in [-0.2, -0.15) is 4.98 Å². The average Bonchev–Trinajstić information content (AvgIpc) is 3.22. The standard InChI is InChI=1S/C17H24N4O3/c1-2-8-20-9-4-10-21(12-11-20)16(22)7-6-15-18-17(19-24-15)14-5-3-13-23-14/h3,5,13H,2,4,6-12H2,1H3. The highest BCUT2D eigenvalue weighted by molar-refractivity contribution is 5.76. The van der Waals surface area contributed by atoms with E-state index in [1.165, 1.54) is 0 Å². The fraction of sp³-hybridized carbons (Fsp3) is 0.588. The second-order valence-electron chi connectivity index (χ2n) is 6.07. The maximum atomic E-state index is 12.4. The van der Waals surface area contributed by atoms with Crippen molar-refractivity contribution in [2.24, 2.45) is 0 Å². The molecule has 0 radical (unpaired) electrons. The Morgan fingerprint density at radius 1 is 1.29 bits per heavy atom. The lowest BCUT2D eigenvalue weighted by molar-refractivity contribution is -0.131. The quantitative estimate of drug-likeness (QED) is 0.807. The van der Waals surface area contributed by atoms with Crippen molar-refractivity contribution in [1.82, 2.24) is 19.9 Å². The molecule has 0 bridgehead atoms. The Labute approximate surface area is 141 Å². The normalized spacial score (nSPS) is 16.3. The Bertz CT molecular complexity index is 638. The third-order valence-corrected chi connectivity index (χ3v) is 4.24. The van der Waals surface area contributed by atoms with Crippen molar-refractivity contribution in [2.45, 2.75) is 32.6 Å². The van der Waals surface area contributed by atoms with Gasteiger partial charge in [0.15, 0.2) is 5.76 Å². The zero-order valence-electron chi connectivity index (χ0n) is 14.1. The van der Waals surface area contributed by atoms with Crippen molar-refractivity contribution in [1.29, 1.82) is 0 Å². The molecule has 0 atom stereocenters. The molecule has 1 aliphatic heterocycles. The molecule has 1 fully saturated rings. The number of aromatic nitrogens is 2. The molecule has 0 N–H and O–H groups in total. The first kappa shape index (κ1) is 16.7. The molecule has 2 aromatic rings. The van der Waals surface area contributed by atoms with Crippen molar-refractivity contribution in [2.75, 3.05) is 32.7 Å². The molecule has 24 heavy (non-hydrogen) atoms. The van der Waals surface area contributed by atoms with Crippen LogP contribution in [-0.2, 0) is 11.2 Å². The number of furan rings is 1. The van der Waals surface area contributed by atoms with Crippen molar-refractivity contribution in [3.05, 3.63) is 24.3 Å². The van der Waals surface area contributed by atoms with Crippen LogP contribution in [0.3, 0.4) is 0 Å². The van der Waals surface area contributed by atoms with Gasteiger partial charge in [0.1, 0.15) is 0 Å². The van der Waals surface area contributed by atoms with Crippen LogP contribution in [0.4, 0.5) is 0 Å². The molecule has 3 rings (SSSR count). The highest BCUT2D eigenvalue weighted by atomic mass is 16.5. The van der Waals surface area contributed by atoms with E-state index < -0.39 is 0 Å². The number of carbonyl (C=O) groups is 1. The van der Waals surface area contributed by atoms with E-state index in [0.717, 1.165) is 45.6 Å². The van der Waals surface area contributed by atoms with Crippen molar-refractivity contribution < 1.29 is 13.7 Å². The maximum Gasteiger partial charge on any atom is 0.238 e. The van der Waals surface area contributed by atoms with E-state index in [2.05, 4.69) is 22.0 Å². The van der Waals surface area contributed by atoms with Crippen LogP contribution >= 0.6 is 0 Å². The number of amides is 1. The molecule has 0 saturated carbocycles. The lowest BCUT2D eigenvalue weighted by atomic mass is 10.2. The van der Waals surface area contributed by atoms with E-state index in [-0.39, 0.29) is 5.91 Å². The first-order valence-corrected chi connectivity index (χ1v) is 8.63. The summed E-state index contributed by atoms with van der Waals surface area (Å²) in [6.45, 7) is 6.98. The molecule has 0 aliphatic carbocycles. The van der Waals surface area contributed by atoms with Crippen LogP contribution in [0.5, 0.6) is 0 Å². The van der Waals surface area contributed by atoms with Gasteiger partial charge in [0.05, 0.1) is 6.26 Å². The highest BCUT2D eigenvalue weighted by Gasteiger charge is 2.19. The molecule has 3 heterocycles. The van der Waals surface area contributed by atoms with Gasteiger partial charge in [0, 0.05) is 32.5 Å². The molecule has 0 spiro atoms. The molecule has 7 heteroatoms. The molecule has 130 valence electrons. The van der Waals surface area contributed by atoms with Gasteiger partial charge in [-0.3, -0.25) is 4.79 Å². The third kappa shape index (κ3) is 4.23. The van der Waals surface area contributed by atoms with Crippen molar-refractivity contribution >= 4 is 5.91 Å². The van der Waals surface area contributed by atoms with Gasteiger partial charge >= 0.3 is 0 Å². The molecular formula is C17H24N4O3. The highest BCUT2D eigenvalue weighted by Crippen LogP contribution is 2.16. The SMILES string of the molecule is CCCN1CCCN(C(=O)CCc2nc(-c3ccco3)no2)CC1. The second kappa shape index (κ2) is 8.10. The predicted octanol–water partition coefficient (Wildman–Crippen LogP) is 2.21. The van der Waals surface area contributed by atoms with Crippen LogP contribution in [0, 0.1) is 0 Å². The minimum absolute atomic E-state index is 0.158. The first-order valence-electron chi connectivity index (χ1n) is 8.63. The monoisotopic (exact) mass is 332 g/mol. The summed E-state index contributed by atoms with van der Waals surface area (Å²) in [4.78, 5) is 21.1. The molecule has 0 aromatic carbocycles. The number of rotatable bonds is 6. The summed E-state index contributed by atoms with van der Waals surface area (Å²) in [5.41, 5.74) is 0. The van der Waals surface area contributed by atoms with Gasteiger partial charge in [-0.05, 0) is 38.1 Å². The van der Waals surface area contributed by atoms with E-state index in [4.69, 9.17) is 8.94 Å². The van der Waals surface area contributed by atoms with Gasteiger partial charge in [-0.15, -0.1) is 0 Å². The Morgan fingerprint density at radius 3 is 3.00 bits per heavy atom. The summed E-state index contributed by atoms with van der Waals surface area (Å²) in [5.74, 6) is 1.62. The Balaban J connectivity index is 1.48. The third-order valence-electron chi connectivity index (χ3n) is 4.24. The number of nitrogens with zero attached hydrogens (tertiary/aromatic N) is 4. The number of hydrogen-bond acceptors (Lipinski definition) is 6. The van der Waals surface area contributed by atoms with Gasteiger partial charge in [-0.1, -0.05) is 12.1 Å². The van der Waals surface area contributed by atoms with E-state index in [0.29, 0.717) is 30.3 Å². The lowest BCUT2D eigenvalue weighted by Crippen LogP contribution is -2.35. The molecule has 2 aromatic heterocycles. The van der Waals surface area contributed by atoms with Gasteiger partial charge in [0.2, 0.25) is 17.6 Å². The smallest absolute Gasteiger partial charge is 0.238 e. The number of carbonyl (C=O) groups excluding carboxylic acids is 1. The average molecular weight is 332 g/mol. The fourth-order valence-electron chi connectivity index (χ4n) is 2.99. The van der Waals surface area contributed by atoms with Crippen LogP contribution in [-0.4, -0.2) is 58.6 Å². The fourth-order valence-corrected chi connectivity index (χ4v) is 2.99. The van der Waals surface area contributed by atoms with Crippen LogP contribution in [0.2, 0.25) is 0 Å². The lowest BCUT2D eigenvalue weighted by Gasteiger charge is -2.21. The van der Waals surface area contributed by atoms with Crippen molar-refractivity contribution in [3.8, 4) is 11.6 Å². The molecule has 1 amide bonds. The van der Waals surface area contributed by atoms with Crippen LogP contribution in [0.15, 0.2) is 27.3 Å². The Kier molecular flexibility index (Phi) is 5.63. The van der Waals surface area contributed by atoms with Crippen LogP contribution in [0.1, 0.15) is 32.1 Å². The minimum atomic E-state index is 0.158. The van der Waals surface area contributed by atoms with Crippen molar-refractivity contribution in [3.63, 3.8) is 0 Å². The van der Waals surface area contributed by atoms with Crippen LogP contribution < -0.4 is 0 Å². The Hall–Kier alpha value is -2.15. The summed E-state index contributed by atoms with van der Waals surface area (Å²) in [5, 5.41) is 3.88. The Morgan fingerprint density at radius 2 is 2.21 bits per heavy atom. The van der Waals surface area contributed by atoms with Gasteiger partial charge in [0.25, 0.3) is 0 Å². The molecule has 1 aliphatic rings. The molecule has 0 unspecified atom stereocenters. The zero-order valence-corrected chi connectivity index (χ0v) is 14.1. The molecular weight excluding hydrogens is 308 g/mol. The minimum Gasteiger partial charge on any atom is -0.461 e. The summed E-state index contributed by atoms with van der Waals surface area (Å²) in [7, 11) is 0. The summed E-state index contributed by atoms with van der Waals surface area (Å²) in [6, 6.07) is 3.55. The second-order valence-corrected chi connectivity index (χ2v) is 6.07. The van der Waals surface area contributed by atoms with E-state index in [1.807, 2.05) is 4.90 Å². The number of aryl methyl sites for hydroxylation is 1. The molecule has 1 saturated heterocycles. The van der Waals surface area contributed by atoms with Crippen LogP contribution in [0.25, 0.3) is 11.6 Å². The van der Waals surface area contributed by atoms with E-state index in [9.17, 15) is 4.79 Å².